The topological polar surface area (TPSA) is 67.2 Å². The van der Waals surface area contributed by atoms with Crippen molar-refractivity contribution in [2.45, 2.75) is 31.8 Å². The average molecular weight is 248 g/mol. The van der Waals surface area contributed by atoms with Gasteiger partial charge in [0.15, 0.2) is 0 Å². The molecular weight excluding hydrogens is 232 g/mol. The van der Waals surface area contributed by atoms with Gasteiger partial charge in [-0.3, -0.25) is 14.5 Å². The van der Waals surface area contributed by atoms with Crippen molar-refractivity contribution in [3.05, 3.63) is 17.7 Å². The number of aromatic nitrogens is 2. The quantitative estimate of drug-likeness (QED) is 0.702. The molecule has 0 spiro atoms. The van der Waals surface area contributed by atoms with Gasteiger partial charge in [0.05, 0.1) is 12.0 Å². The number of likely N-dealkylation sites (tertiary alicyclic amines) is 1. The summed E-state index contributed by atoms with van der Waals surface area (Å²) in [5.74, 6) is -0.211. The van der Waals surface area contributed by atoms with Crippen LogP contribution in [0.4, 0.5) is 0 Å². The summed E-state index contributed by atoms with van der Waals surface area (Å²) < 4.78 is 1.96. The van der Waals surface area contributed by atoms with Gasteiger partial charge in [-0.2, -0.15) is 0 Å². The van der Waals surface area contributed by atoms with Gasteiger partial charge in [-0.05, 0) is 6.42 Å². The highest BCUT2D eigenvalue weighted by Gasteiger charge is 2.34. The molecule has 1 fully saturated rings. The molecule has 0 bridgehead atoms. The number of likely N-dealkylation sites (N-methyl/N-ethyl adjacent to an activating group) is 1. The van der Waals surface area contributed by atoms with Gasteiger partial charge < -0.3 is 9.88 Å². The van der Waals surface area contributed by atoms with Crippen molar-refractivity contribution in [2.75, 3.05) is 13.6 Å². The molecule has 3 rings (SSSR count). The van der Waals surface area contributed by atoms with Gasteiger partial charge in [-0.15, -0.1) is 0 Å². The highest BCUT2D eigenvalue weighted by molar-refractivity contribution is 5.99. The molecule has 1 atom stereocenters. The van der Waals surface area contributed by atoms with Crippen LogP contribution >= 0.6 is 0 Å². The first-order valence-electron chi connectivity index (χ1n) is 6.24. The second-order valence-corrected chi connectivity index (χ2v) is 4.82. The van der Waals surface area contributed by atoms with E-state index in [9.17, 15) is 9.59 Å². The summed E-state index contributed by atoms with van der Waals surface area (Å²) in [4.78, 5) is 29.2. The molecule has 18 heavy (non-hydrogen) atoms. The van der Waals surface area contributed by atoms with Crippen LogP contribution in [-0.4, -0.2) is 39.9 Å². The van der Waals surface area contributed by atoms with Crippen LogP contribution in [0.15, 0.2) is 6.33 Å². The normalized spacial score (nSPS) is 24.3. The second-order valence-electron chi connectivity index (χ2n) is 4.82. The molecule has 1 unspecified atom stereocenters. The van der Waals surface area contributed by atoms with Gasteiger partial charge in [-0.1, -0.05) is 0 Å². The van der Waals surface area contributed by atoms with E-state index in [1.807, 2.05) is 4.57 Å². The van der Waals surface area contributed by atoms with Gasteiger partial charge in [0, 0.05) is 38.7 Å². The molecule has 0 radical (unpaired) electrons. The molecule has 6 nitrogen and oxygen atoms in total. The third-order valence-corrected chi connectivity index (χ3v) is 3.77. The Morgan fingerprint density at radius 2 is 2.22 bits per heavy atom. The van der Waals surface area contributed by atoms with E-state index in [0.29, 0.717) is 12.8 Å². The number of carbonyl (C=O) groups is 2. The van der Waals surface area contributed by atoms with Crippen molar-refractivity contribution in [1.82, 2.24) is 19.8 Å². The van der Waals surface area contributed by atoms with Crippen LogP contribution in [0, 0.1) is 0 Å². The van der Waals surface area contributed by atoms with Crippen LogP contribution in [-0.2, 0) is 22.6 Å². The zero-order valence-corrected chi connectivity index (χ0v) is 10.3. The predicted octanol–water partition coefficient (Wildman–Crippen LogP) is -0.151. The van der Waals surface area contributed by atoms with E-state index in [-0.39, 0.29) is 17.9 Å². The highest BCUT2D eigenvalue weighted by Crippen LogP contribution is 2.26. The number of fused-ring (bicyclic) bond motifs is 1. The van der Waals surface area contributed by atoms with Crippen LogP contribution in [0.25, 0.3) is 0 Å². The van der Waals surface area contributed by atoms with Crippen molar-refractivity contribution in [3.63, 3.8) is 0 Å². The van der Waals surface area contributed by atoms with E-state index in [2.05, 4.69) is 10.3 Å². The van der Waals surface area contributed by atoms with E-state index in [0.717, 1.165) is 30.9 Å². The molecule has 3 heterocycles. The first kappa shape index (κ1) is 11.4. The second kappa shape index (κ2) is 4.20. The van der Waals surface area contributed by atoms with Crippen molar-refractivity contribution < 1.29 is 9.59 Å². The minimum atomic E-state index is -0.262. The van der Waals surface area contributed by atoms with E-state index >= 15 is 0 Å². The van der Waals surface area contributed by atoms with Crippen LogP contribution in [0.1, 0.15) is 30.3 Å². The van der Waals surface area contributed by atoms with Gasteiger partial charge in [-0.25, -0.2) is 4.98 Å². The zero-order chi connectivity index (χ0) is 12.7. The number of imide groups is 1. The van der Waals surface area contributed by atoms with E-state index in [4.69, 9.17) is 0 Å². The van der Waals surface area contributed by atoms with E-state index < -0.39 is 0 Å². The Labute approximate surface area is 105 Å². The Balaban J connectivity index is 1.93. The van der Waals surface area contributed by atoms with E-state index in [1.54, 1.807) is 13.4 Å². The van der Waals surface area contributed by atoms with Crippen molar-refractivity contribution in [2.24, 2.45) is 0 Å². The van der Waals surface area contributed by atoms with Gasteiger partial charge in [0.1, 0.15) is 6.04 Å². The maximum absolute atomic E-state index is 12.2. The molecule has 0 saturated carbocycles. The summed E-state index contributed by atoms with van der Waals surface area (Å²) in [5.41, 5.74) is 2.16. The minimum Gasteiger partial charge on any atom is -0.322 e. The maximum Gasteiger partial charge on any atom is 0.252 e. The zero-order valence-electron chi connectivity index (χ0n) is 10.3. The molecule has 2 aliphatic rings. The summed E-state index contributed by atoms with van der Waals surface area (Å²) >= 11 is 0. The minimum absolute atomic E-state index is 0.0908. The lowest BCUT2D eigenvalue weighted by Gasteiger charge is -2.30. The number of carbonyl (C=O) groups excluding carboxylic acids is 2. The van der Waals surface area contributed by atoms with Gasteiger partial charge in [0.25, 0.3) is 5.91 Å². The Bertz CT molecular complexity index is 508. The molecule has 2 amide bonds. The maximum atomic E-state index is 12.2. The largest absolute Gasteiger partial charge is 0.322 e. The molecule has 1 N–H and O–H groups in total. The Morgan fingerprint density at radius 1 is 1.39 bits per heavy atom. The lowest BCUT2D eigenvalue weighted by atomic mass is 10.0. The summed E-state index contributed by atoms with van der Waals surface area (Å²) in [7, 11) is 1.56. The molecule has 0 aromatic carbocycles. The van der Waals surface area contributed by atoms with Crippen LogP contribution in [0.2, 0.25) is 0 Å². The molecule has 2 aliphatic heterocycles. The standard InChI is InChI=1S/C12H16N4O2/c1-15-11(17)3-2-10(12(15)18)16-7-14-8-6-13-5-4-9(8)16/h7,10,13H,2-6H2,1H3. The first-order chi connectivity index (χ1) is 8.68. The summed E-state index contributed by atoms with van der Waals surface area (Å²) in [6.07, 6.45) is 3.64. The fraction of sp³-hybridized carbons (Fsp3) is 0.583. The first-order valence-corrected chi connectivity index (χ1v) is 6.24. The molecule has 96 valence electrons. The number of imidazole rings is 1. The molecule has 0 aliphatic carbocycles. The Kier molecular flexibility index (Phi) is 2.66. The van der Waals surface area contributed by atoms with Crippen molar-refractivity contribution in [3.8, 4) is 0 Å². The molecule has 1 aromatic heterocycles. The smallest absolute Gasteiger partial charge is 0.252 e. The monoisotopic (exact) mass is 248 g/mol. The Morgan fingerprint density at radius 3 is 3.06 bits per heavy atom. The van der Waals surface area contributed by atoms with Gasteiger partial charge >= 0.3 is 0 Å². The number of nitrogens with zero attached hydrogens (tertiary/aromatic N) is 3. The number of rotatable bonds is 1. The number of hydrogen-bond acceptors (Lipinski definition) is 4. The fourth-order valence-electron chi connectivity index (χ4n) is 2.68. The molecule has 6 heteroatoms. The SMILES string of the molecule is CN1C(=O)CCC(n2cnc3c2CCNC3)C1=O. The Hall–Kier alpha value is -1.69. The third kappa shape index (κ3) is 1.64. The number of piperidine rings is 1. The molecule has 1 aromatic rings. The van der Waals surface area contributed by atoms with Crippen molar-refractivity contribution in [1.29, 1.82) is 0 Å². The predicted molar refractivity (Wildman–Crippen MR) is 63.7 cm³/mol. The summed E-state index contributed by atoms with van der Waals surface area (Å²) in [6, 6.07) is -0.262. The van der Waals surface area contributed by atoms with Crippen LogP contribution in [0.5, 0.6) is 0 Å². The molecular formula is C12H16N4O2. The fourth-order valence-corrected chi connectivity index (χ4v) is 2.68. The summed E-state index contributed by atoms with van der Waals surface area (Å²) in [6.45, 7) is 1.67. The molecule has 1 saturated heterocycles. The summed E-state index contributed by atoms with van der Waals surface area (Å²) in [5, 5.41) is 3.26. The van der Waals surface area contributed by atoms with Crippen molar-refractivity contribution >= 4 is 11.8 Å². The van der Waals surface area contributed by atoms with Crippen LogP contribution in [0.3, 0.4) is 0 Å². The lowest BCUT2D eigenvalue weighted by molar-refractivity contribution is -0.149. The van der Waals surface area contributed by atoms with Crippen LogP contribution < -0.4 is 5.32 Å². The number of amides is 2. The van der Waals surface area contributed by atoms with E-state index in [1.165, 1.54) is 4.90 Å². The number of hydrogen-bond donors (Lipinski definition) is 1. The van der Waals surface area contributed by atoms with Gasteiger partial charge in [0.2, 0.25) is 5.91 Å². The number of nitrogens with one attached hydrogen (secondary N) is 1. The third-order valence-electron chi connectivity index (χ3n) is 3.77. The highest BCUT2D eigenvalue weighted by atomic mass is 16.2. The average Bonchev–Trinajstić information content (AvgIpc) is 2.80. The lowest BCUT2D eigenvalue weighted by Crippen LogP contribution is -2.43.